The molecule has 0 saturated heterocycles. The third-order valence-corrected chi connectivity index (χ3v) is 4.41. The molecule has 7 heteroatoms. The zero-order valence-corrected chi connectivity index (χ0v) is 15.8. The van der Waals surface area contributed by atoms with Crippen molar-refractivity contribution in [2.75, 3.05) is 17.7 Å². The fraction of sp³-hybridized carbons (Fsp3) is 0.136. The highest BCUT2D eigenvalue weighted by molar-refractivity contribution is 6.00. The lowest BCUT2D eigenvalue weighted by molar-refractivity contribution is -0.116. The molecule has 0 atom stereocenters. The Balaban J connectivity index is 1.64. The lowest BCUT2D eigenvalue weighted by atomic mass is 10.0. The largest absolute Gasteiger partial charge is 0.478 e. The number of carboxylic acid groups (broad SMARTS) is 1. The SMILES string of the molecule is COC(=O)Nc1ccc2cc(CCC(=O)Nc3ccccc3C(=O)O)ccc2c1. The first-order valence-corrected chi connectivity index (χ1v) is 8.96. The topological polar surface area (TPSA) is 105 Å². The molecular formula is C22H20N2O5. The molecule has 0 aliphatic carbocycles. The molecule has 0 bridgehead atoms. The molecule has 0 unspecified atom stereocenters. The van der Waals surface area contributed by atoms with Crippen molar-refractivity contribution < 1.29 is 24.2 Å². The lowest BCUT2D eigenvalue weighted by Crippen LogP contribution is -2.15. The number of aromatic carboxylic acids is 1. The summed E-state index contributed by atoms with van der Waals surface area (Å²) in [5.41, 5.74) is 1.96. The van der Waals surface area contributed by atoms with Crippen LogP contribution in [0.25, 0.3) is 10.8 Å². The number of benzene rings is 3. The highest BCUT2D eigenvalue weighted by atomic mass is 16.5. The van der Waals surface area contributed by atoms with Crippen molar-refractivity contribution in [2.45, 2.75) is 12.8 Å². The quantitative estimate of drug-likeness (QED) is 0.580. The zero-order valence-electron chi connectivity index (χ0n) is 15.8. The van der Waals surface area contributed by atoms with Gasteiger partial charge in [0.05, 0.1) is 18.4 Å². The van der Waals surface area contributed by atoms with Crippen LogP contribution in [0.5, 0.6) is 0 Å². The number of carbonyl (C=O) groups excluding carboxylic acids is 2. The van der Waals surface area contributed by atoms with E-state index in [-0.39, 0.29) is 23.6 Å². The number of anilines is 2. The van der Waals surface area contributed by atoms with Gasteiger partial charge in [-0.25, -0.2) is 9.59 Å². The Morgan fingerprint density at radius 3 is 2.41 bits per heavy atom. The van der Waals surface area contributed by atoms with Crippen molar-refractivity contribution in [2.24, 2.45) is 0 Å². The van der Waals surface area contributed by atoms with Gasteiger partial charge in [-0.15, -0.1) is 0 Å². The molecule has 7 nitrogen and oxygen atoms in total. The Labute approximate surface area is 167 Å². The summed E-state index contributed by atoms with van der Waals surface area (Å²) in [7, 11) is 1.30. The Morgan fingerprint density at radius 1 is 0.931 bits per heavy atom. The van der Waals surface area contributed by atoms with Gasteiger partial charge in [-0.05, 0) is 47.0 Å². The number of nitrogens with one attached hydrogen (secondary N) is 2. The number of carbonyl (C=O) groups is 3. The van der Waals surface area contributed by atoms with Crippen LogP contribution in [0.4, 0.5) is 16.2 Å². The molecule has 3 aromatic carbocycles. The number of hydrogen-bond donors (Lipinski definition) is 3. The van der Waals surface area contributed by atoms with Gasteiger partial charge in [0.1, 0.15) is 0 Å². The van der Waals surface area contributed by atoms with Crippen LogP contribution in [0.3, 0.4) is 0 Å². The summed E-state index contributed by atoms with van der Waals surface area (Å²) in [5.74, 6) is -1.34. The van der Waals surface area contributed by atoms with Gasteiger partial charge in [-0.3, -0.25) is 10.1 Å². The standard InChI is InChI=1S/C22H20N2O5/c1-29-22(28)23-17-10-9-15-12-14(6-8-16(15)13-17)7-11-20(25)24-19-5-3-2-4-18(19)21(26)27/h2-6,8-10,12-13H,7,11H2,1H3,(H,23,28)(H,24,25)(H,26,27). The van der Waals surface area contributed by atoms with Crippen LogP contribution in [0.1, 0.15) is 22.3 Å². The number of amides is 2. The van der Waals surface area contributed by atoms with Crippen LogP contribution in [0.15, 0.2) is 60.7 Å². The normalized spacial score (nSPS) is 10.4. The Bertz CT molecular complexity index is 1080. The van der Waals surface area contributed by atoms with Gasteiger partial charge in [0.25, 0.3) is 0 Å². The van der Waals surface area contributed by atoms with E-state index in [1.54, 1.807) is 24.3 Å². The molecule has 3 rings (SSSR count). The second kappa shape index (κ2) is 8.88. The first-order chi connectivity index (χ1) is 14.0. The lowest BCUT2D eigenvalue weighted by Gasteiger charge is -2.09. The summed E-state index contributed by atoms with van der Waals surface area (Å²) in [4.78, 5) is 34.8. The molecule has 3 aromatic rings. The van der Waals surface area contributed by atoms with E-state index in [1.807, 2.05) is 30.3 Å². The number of hydrogen-bond acceptors (Lipinski definition) is 4. The van der Waals surface area contributed by atoms with E-state index in [2.05, 4.69) is 15.4 Å². The van der Waals surface area contributed by atoms with Gasteiger partial charge in [-0.1, -0.05) is 36.4 Å². The average Bonchev–Trinajstić information content (AvgIpc) is 2.72. The molecule has 0 aliphatic rings. The van der Waals surface area contributed by atoms with Gasteiger partial charge < -0.3 is 15.2 Å². The molecule has 0 fully saturated rings. The number of aryl methyl sites for hydroxylation is 1. The number of para-hydroxylation sites is 1. The number of carboxylic acids is 1. The van der Waals surface area contributed by atoms with Gasteiger partial charge in [-0.2, -0.15) is 0 Å². The number of methoxy groups -OCH3 is 1. The van der Waals surface area contributed by atoms with Gasteiger partial charge in [0.2, 0.25) is 5.91 Å². The van der Waals surface area contributed by atoms with E-state index in [4.69, 9.17) is 0 Å². The van der Waals surface area contributed by atoms with Crippen LogP contribution in [-0.4, -0.2) is 30.2 Å². The minimum Gasteiger partial charge on any atom is -0.478 e. The van der Waals surface area contributed by atoms with Gasteiger partial charge >= 0.3 is 12.1 Å². The van der Waals surface area contributed by atoms with Crippen LogP contribution < -0.4 is 10.6 Å². The van der Waals surface area contributed by atoms with Crippen LogP contribution in [0, 0.1) is 0 Å². The molecule has 0 aliphatic heterocycles. The van der Waals surface area contributed by atoms with Crippen molar-refractivity contribution in [1.82, 2.24) is 0 Å². The monoisotopic (exact) mass is 392 g/mol. The van der Waals surface area contributed by atoms with Crippen LogP contribution >= 0.6 is 0 Å². The summed E-state index contributed by atoms with van der Waals surface area (Å²) in [6, 6.07) is 17.6. The summed E-state index contributed by atoms with van der Waals surface area (Å²) in [6.07, 6.45) is 0.206. The number of ether oxygens (including phenoxy) is 1. The van der Waals surface area contributed by atoms with E-state index in [0.29, 0.717) is 12.1 Å². The third-order valence-electron chi connectivity index (χ3n) is 4.41. The smallest absolute Gasteiger partial charge is 0.411 e. The van der Waals surface area contributed by atoms with Gasteiger partial charge in [0, 0.05) is 12.1 Å². The van der Waals surface area contributed by atoms with E-state index in [9.17, 15) is 19.5 Å². The molecule has 0 spiro atoms. The molecule has 148 valence electrons. The highest BCUT2D eigenvalue weighted by Crippen LogP contribution is 2.22. The maximum atomic E-state index is 12.2. The Morgan fingerprint density at radius 2 is 1.66 bits per heavy atom. The van der Waals surface area contributed by atoms with Crippen molar-refractivity contribution in [3.05, 3.63) is 71.8 Å². The van der Waals surface area contributed by atoms with Crippen LogP contribution in [-0.2, 0) is 16.0 Å². The second-order valence-electron chi connectivity index (χ2n) is 6.41. The fourth-order valence-electron chi connectivity index (χ4n) is 2.95. The molecular weight excluding hydrogens is 372 g/mol. The molecule has 0 radical (unpaired) electrons. The summed E-state index contributed by atoms with van der Waals surface area (Å²) < 4.78 is 4.58. The minimum absolute atomic E-state index is 0.0583. The second-order valence-corrected chi connectivity index (χ2v) is 6.41. The third kappa shape index (κ3) is 5.10. The minimum atomic E-state index is -1.09. The number of rotatable bonds is 6. The average molecular weight is 392 g/mol. The summed E-state index contributed by atoms with van der Waals surface area (Å²) in [6.45, 7) is 0. The van der Waals surface area contributed by atoms with Crippen LogP contribution in [0.2, 0.25) is 0 Å². The summed E-state index contributed by atoms with van der Waals surface area (Å²) in [5, 5.41) is 16.4. The van der Waals surface area contributed by atoms with E-state index in [1.165, 1.54) is 13.2 Å². The predicted octanol–water partition coefficient (Wildman–Crippen LogP) is 4.29. The van der Waals surface area contributed by atoms with Gasteiger partial charge in [0.15, 0.2) is 0 Å². The predicted molar refractivity (Wildman–Crippen MR) is 110 cm³/mol. The molecule has 2 amide bonds. The maximum absolute atomic E-state index is 12.2. The first-order valence-electron chi connectivity index (χ1n) is 8.96. The van der Waals surface area contributed by atoms with Crippen molar-refractivity contribution in [3.8, 4) is 0 Å². The van der Waals surface area contributed by atoms with E-state index in [0.717, 1.165) is 16.3 Å². The Kier molecular flexibility index (Phi) is 6.09. The summed E-state index contributed by atoms with van der Waals surface area (Å²) >= 11 is 0. The maximum Gasteiger partial charge on any atom is 0.411 e. The van der Waals surface area contributed by atoms with Crippen molar-refractivity contribution in [1.29, 1.82) is 0 Å². The molecule has 29 heavy (non-hydrogen) atoms. The fourth-order valence-corrected chi connectivity index (χ4v) is 2.95. The molecule has 3 N–H and O–H groups in total. The van der Waals surface area contributed by atoms with E-state index >= 15 is 0 Å². The van der Waals surface area contributed by atoms with Crippen molar-refractivity contribution >= 4 is 40.1 Å². The Hall–Kier alpha value is -3.87. The molecule has 0 saturated carbocycles. The van der Waals surface area contributed by atoms with E-state index < -0.39 is 12.1 Å². The first kappa shape index (κ1) is 19.9. The highest BCUT2D eigenvalue weighted by Gasteiger charge is 2.12. The molecule has 0 aromatic heterocycles. The van der Waals surface area contributed by atoms with Crippen molar-refractivity contribution in [3.63, 3.8) is 0 Å². The molecule has 0 heterocycles. The number of fused-ring (bicyclic) bond motifs is 1. The zero-order chi connectivity index (χ0) is 20.8.